The van der Waals surface area contributed by atoms with Crippen molar-refractivity contribution >= 4 is 22.6 Å². The first kappa shape index (κ1) is 18.5. The number of amides is 1. The molecule has 2 aromatic carbocycles. The van der Waals surface area contributed by atoms with E-state index in [1.807, 2.05) is 6.07 Å². The Balaban J connectivity index is 1.74. The Hall–Kier alpha value is -3.29. The number of anilines is 1. The van der Waals surface area contributed by atoms with Crippen molar-refractivity contribution in [3.8, 4) is 17.2 Å². The Morgan fingerprint density at radius 2 is 1.93 bits per heavy atom. The largest absolute Gasteiger partial charge is 0.497 e. The van der Waals surface area contributed by atoms with Crippen LogP contribution >= 0.6 is 0 Å². The van der Waals surface area contributed by atoms with Crippen LogP contribution in [0.15, 0.2) is 47.1 Å². The summed E-state index contributed by atoms with van der Waals surface area (Å²) in [6, 6.07) is 9.56. The minimum absolute atomic E-state index is 0.0520. The van der Waals surface area contributed by atoms with Crippen molar-refractivity contribution in [1.82, 2.24) is 0 Å². The molecule has 0 aliphatic carbocycles. The fraction of sp³-hybridized carbons (Fsp3) is 0.211. The number of hydrogen-bond donors (Lipinski definition) is 1. The molecule has 1 amide bonds. The molecule has 0 aliphatic heterocycles. The maximum absolute atomic E-state index is 12.5. The second-order valence-electron chi connectivity index (χ2n) is 5.59. The molecule has 0 saturated heterocycles. The Bertz CT molecular complexity index is 954. The normalized spacial score (nSPS) is 10.9. The van der Waals surface area contributed by atoms with E-state index in [-0.39, 0.29) is 23.8 Å². The molecule has 0 saturated carbocycles. The molecular weight excluding hydrogens is 360 g/mol. The molecule has 3 rings (SSSR count). The van der Waals surface area contributed by atoms with E-state index in [9.17, 15) is 13.6 Å². The lowest BCUT2D eigenvalue weighted by atomic mass is 10.1. The van der Waals surface area contributed by atoms with Crippen LogP contribution in [0, 0.1) is 0 Å². The van der Waals surface area contributed by atoms with Gasteiger partial charge in [-0.05, 0) is 24.3 Å². The zero-order valence-corrected chi connectivity index (χ0v) is 14.6. The fourth-order valence-corrected chi connectivity index (χ4v) is 2.65. The molecule has 1 heterocycles. The lowest BCUT2D eigenvalue weighted by Crippen LogP contribution is -2.14. The molecule has 0 spiro atoms. The van der Waals surface area contributed by atoms with Crippen LogP contribution in [0.3, 0.4) is 0 Å². The number of methoxy groups -OCH3 is 2. The zero-order chi connectivity index (χ0) is 19.4. The molecule has 3 aromatic rings. The zero-order valence-electron chi connectivity index (χ0n) is 14.6. The molecular formula is C19H17F2NO5. The van der Waals surface area contributed by atoms with E-state index < -0.39 is 6.61 Å². The number of benzene rings is 2. The molecule has 27 heavy (non-hydrogen) atoms. The summed E-state index contributed by atoms with van der Waals surface area (Å²) < 4.78 is 45.0. The van der Waals surface area contributed by atoms with Crippen LogP contribution in [0.1, 0.15) is 5.56 Å². The van der Waals surface area contributed by atoms with Gasteiger partial charge < -0.3 is 23.9 Å². The first-order chi connectivity index (χ1) is 13.0. The minimum atomic E-state index is -3.00. The predicted molar refractivity (Wildman–Crippen MR) is 94.7 cm³/mol. The predicted octanol–water partition coefficient (Wildman–Crippen LogP) is 4.23. The number of rotatable bonds is 7. The summed E-state index contributed by atoms with van der Waals surface area (Å²) in [4.78, 5) is 12.3. The summed E-state index contributed by atoms with van der Waals surface area (Å²) >= 11 is 0. The van der Waals surface area contributed by atoms with Gasteiger partial charge in [0, 0.05) is 28.8 Å². The van der Waals surface area contributed by atoms with Crippen LogP contribution < -0.4 is 19.5 Å². The van der Waals surface area contributed by atoms with Gasteiger partial charge in [0.05, 0.1) is 26.9 Å². The van der Waals surface area contributed by atoms with E-state index >= 15 is 0 Å². The van der Waals surface area contributed by atoms with Crippen molar-refractivity contribution in [2.45, 2.75) is 13.0 Å². The first-order valence-corrected chi connectivity index (χ1v) is 7.97. The van der Waals surface area contributed by atoms with Crippen LogP contribution in [-0.2, 0) is 11.2 Å². The van der Waals surface area contributed by atoms with Crippen LogP contribution in [-0.4, -0.2) is 26.7 Å². The highest BCUT2D eigenvalue weighted by Crippen LogP contribution is 2.32. The van der Waals surface area contributed by atoms with E-state index in [2.05, 4.69) is 10.1 Å². The highest BCUT2D eigenvalue weighted by Gasteiger charge is 2.14. The van der Waals surface area contributed by atoms with Crippen molar-refractivity contribution < 1.29 is 32.2 Å². The number of carbonyl (C=O) groups is 1. The van der Waals surface area contributed by atoms with Gasteiger partial charge in [0.2, 0.25) is 5.91 Å². The Morgan fingerprint density at radius 3 is 2.63 bits per heavy atom. The summed E-state index contributed by atoms with van der Waals surface area (Å²) in [5, 5.41) is 3.44. The quantitative estimate of drug-likeness (QED) is 0.667. The van der Waals surface area contributed by atoms with Gasteiger partial charge in [0.25, 0.3) is 0 Å². The van der Waals surface area contributed by atoms with Crippen LogP contribution in [0.4, 0.5) is 14.5 Å². The van der Waals surface area contributed by atoms with Gasteiger partial charge in [0.1, 0.15) is 11.3 Å². The Labute approximate surface area is 153 Å². The van der Waals surface area contributed by atoms with E-state index in [0.29, 0.717) is 22.6 Å². The average Bonchev–Trinajstić information content (AvgIpc) is 3.03. The molecule has 1 aromatic heterocycles. The van der Waals surface area contributed by atoms with Gasteiger partial charge in [-0.3, -0.25) is 4.79 Å². The van der Waals surface area contributed by atoms with Crippen LogP contribution in [0.5, 0.6) is 17.2 Å². The molecule has 0 fully saturated rings. The van der Waals surface area contributed by atoms with E-state index in [4.69, 9.17) is 13.9 Å². The SMILES string of the molecule is COc1ccc2c(CC(=O)Nc3ccc(OC)c(OC(F)F)c3)coc2c1. The maximum atomic E-state index is 12.5. The standard InChI is InChI=1S/C19H17F2NO5/c1-24-13-4-5-14-11(10-26-16(14)9-13)7-18(23)22-12-3-6-15(25-2)17(8-12)27-19(20)21/h3-6,8-10,19H,7H2,1-2H3,(H,22,23). The molecule has 0 unspecified atom stereocenters. The van der Waals surface area contributed by atoms with Gasteiger partial charge in [-0.1, -0.05) is 0 Å². The van der Waals surface area contributed by atoms with Crippen molar-refractivity contribution in [3.05, 3.63) is 48.2 Å². The van der Waals surface area contributed by atoms with Crippen LogP contribution in [0.2, 0.25) is 0 Å². The third kappa shape index (κ3) is 4.28. The monoisotopic (exact) mass is 377 g/mol. The van der Waals surface area contributed by atoms with Crippen molar-refractivity contribution in [1.29, 1.82) is 0 Å². The summed E-state index contributed by atoms with van der Waals surface area (Å²) in [5.74, 6) is 0.300. The third-order valence-corrected chi connectivity index (χ3v) is 3.88. The molecule has 0 aliphatic rings. The Morgan fingerprint density at radius 1 is 1.11 bits per heavy atom. The molecule has 8 heteroatoms. The second-order valence-corrected chi connectivity index (χ2v) is 5.59. The number of hydrogen-bond acceptors (Lipinski definition) is 5. The van der Waals surface area contributed by atoms with Crippen molar-refractivity contribution in [2.75, 3.05) is 19.5 Å². The summed E-state index contributed by atoms with van der Waals surface area (Å²) in [7, 11) is 2.89. The van der Waals surface area contributed by atoms with Gasteiger partial charge >= 0.3 is 6.61 Å². The molecule has 6 nitrogen and oxygen atoms in total. The average molecular weight is 377 g/mol. The number of halogens is 2. The number of carbonyl (C=O) groups excluding carboxylic acids is 1. The smallest absolute Gasteiger partial charge is 0.387 e. The lowest BCUT2D eigenvalue weighted by molar-refractivity contribution is -0.115. The summed E-state index contributed by atoms with van der Waals surface area (Å²) in [6.07, 6.45) is 1.56. The topological polar surface area (TPSA) is 69.9 Å². The highest BCUT2D eigenvalue weighted by molar-refractivity contribution is 5.95. The van der Waals surface area contributed by atoms with Gasteiger partial charge in [-0.2, -0.15) is 8.78 Å². The number of nitrogens with one attached hydrogen (secondary N) is 1. The number of alkyl halides is 2. The first-order valence-electron chi connectivity index (χ1n) is 7.97. The lowest BCUT2D eigenvalue weighted by Gasteiger charge is -2.12. The molecule has 0 radical (unpaired) electrons. The fourth-order valence-electron chi connectivity index (χ4n) is 2.65. The van der Waals surface area contributed by atoms with Crippen molar-refractivity contribution in [3.63, 3.8) is 0 Å². The Kier molecular flexibility index (Phi) is 5.44. The summed E-state index contributed by atoms with van der Waals surface area (Å²) in [6.45, 7) is -3.00. The molecule has 142 valence electrons. The van der Waals surface area contributed by atoms with Crippen molar-refractivity contribution in [2.24, 2.45) is 0 Å². The number of furan rings is 1. The van der Waals surface area contributed by atoms with Gasteiger partial charge in [-0.25, -0.2) is 0 Å². The van der Waals surface area contributed by atoms with E-state index in [1.54, 1.807) is 19.2 Å². The van der Waals surface area contributed by atoms with E-state index in [1.165, 1.54) is 31.6 Å². The molecule has 0 bridgehead atoms. The summed E-state index contributed by atoms with van der Waals surface area (Å²) in [5.41, 5.74) is 1.61. The van der Waals surface area contributed by atoms with E-state index in [0.717, 1.165) is 5.39 Å². The molecule has 0 atom stereocenters. The van der Waals surface area contributed by atoms with Crippen LogP contribution in [0.25, 0.3) is 11.0 Å². The number of ether oxygens (including phenoxy) is 3. The van der Waals surface area contributed by atoms with Gasteiger partial charge in [0.15, 0.2) is 11.5 Å². The third-order valence-electron chi connectivity index (χ3n) is 3.88. The maximum Gasteiger partial charge on any atom is 0.387 e. The minimum Gasteiger partial charge on any atom is -0.497 e. The van der Waals surface area contributed by atoms with Gasteiger partial charge in [-0.15, -0.1) is 0 Å². The second kappa shape index (κ2) is 7.94. The number of fused-ring (bicyclic) bond motifs is 1. The highest BCUT2D eigenvalue weighted by atomic mass is 19.3. The molecule has 1 N–H and O–H groups in total.